The Labute approximate surface area is 165 Å². The van der Waals surface area contributed by atoms with Gasteiger partial charge in [-0.3, -0.25) is 0 Å². The van der Waals surface area contributed by atoms with Crippen molar-refractivity contribution in [2.24, 2.45) is 0 Å². The number of hydrogen-bond acceptors (Lipinski definition) is 4. The number of fused-ring (bicyclic) bond motifs is 1. The molecule has 0 fully saturated rings. The predicted octanol–water partition coefficient (Wildman–Crippen LogP) is 5.64. The lowest BCUT2D eigenvalue weighted by molar-refractivity contribution is -0.152. The number of benzene rings is 2. The zero-order valence-corrected chi connectivity index (χ0v) is 16.9. The van der Waals surface area contributed by atoms with Gasteiger partial charge in [0, 0.05) is 11.1 Å². The smallest absolute Gasteiger partial charge is 0.347 e. The van der Waals surface area contributed by atoms with Gasteiger partial charge in [0.1, 0.15) is 11.4 Å². The van der Waals surface area contributed by atoms with E-state index in [4.69, 9.17) is 9.26 Å². The van der Waals surface area contributed by atoms with Crippen molar-refractivity contribution in [1.82, 2.24) is 5.16 Å². The highest BCUT2D eigenvalue weighted by Crippen LogP contribution is 2.40. The van der Waals surface area contributed by atoms with Crippen LogP contribution in [0.2, 0.25) is 0 Å². The van der Waals surface area contributed by atoms with Gasteiger partial charge >= 0.3 is 5.97 Å². The Kier molecular flexibility index (Phi) is 5.73. The summed E-state index contributed by atoms with van der Waals surface area (Å²) in [5.74, 6) is -0.376. The third kappa shape index (κ3) is 3.75. The molecular formula is C23H27NO4. The number of carboxylic acids is 1. The summed E-state index contributed by atoms with van der Waals surface area (Å²) in [5.41, 5.74) is 3.03. The molecule has 5 nitrogen and oxygen atoms in total. The third-order valence-electron chi connectivity index (χ3n) is 4.83. The molecule has 0 aliphatic carbocycles. The minimum Gasteiger partial charge on any atom is -0.478 e. The van der Waals surface area contributed by atoms with Crippen molar-refractivity contribution < 1.29 is 19.2 Å². The molecule has 0 atom stereocenters. The molecule has 0 amide bonds. The lowest BCUT2D eigenvalue weighted by Crippen LogP contribution is -2.38. The van der Waals surface area contributed by atoms with Crippen molar-refractivity contribution in [2.45, 2.75) is 59.0 Å². The Morgan fingerprint density at radius 1 is 1.14 bits per heavy atom. The molecule has 28 heavy (non-hydrogen) atoms. The molecule has 0 unspecified atom stereocenters. The minimum atomic E-state index is -1.33. The topological polar surface area (TPSA) is 72.6 Å². The van der Waals surface area contributed by atoms with E-state index in [-0.39, 0.29) is 0 Å². The molecule has 1 aromatic heterocycles. The fourth-order valence-electron chi connectivity index (χ4n) is 3.35. The van der Waals surface area contributed by atoms with Crippen LogP contribution >= 0.6 is 0 Å². The molecule has 3 aromatic rings. The van der Waals surface area contributed by atoms with E-state index < -0.39 is 11.6 Å². The van der Waals surface area contributed by atoms with Gasteiger partial charge in [-0.25, -0.2) is 4.79 Å². The van der Waals surface area contributed by atoms with Crippen molar-refractivity contribution in [1.29, 1.82) is 0 Å². The summed E-state index contributed by atoms with van der Waals surface area (Å²) in [5, 5.41) is 14.8. The van der Waals surface area contributed by atoms with Crippen LogP contribution in [0.5, 0.6) is 5.75 Å². The van der Waals surface area contributed by atoms with Crippen LogP contribution < -0.4 is 4.74 Å². The van der Waals surface area contributed by atoms with Gasteiger partial charge in [-0.05, 0) is 38.3 Å². The summed E-state index contributed by atoms with van der Waals surface area (Å²) in [6.07, 6.45) is 3.32. The Hall–Kier alpha value is -2.82. The highest BCUT2D eigenvalue weighted by Gasteiger charge is 2.32. The number of carboxylic acid groups (broad SMARTS) is 1. The maximum absolute atomic E-state index is 11.7. The van der Waals surface area contributed by atoms with Crippen molar-refractivity contribution in [2.75, 3.05) is 0 Å². The summed E-state index contributed by atoms with van der Waals surface area (Å²) < 4.78 is 11.8. The molecular weight excluding hydrogens is 354 g/mol. The van der Waals surface area contributed by atoms with Crippen LogP contribution in [0.3, 0.4) is 0 Å². The van der Waals surface area contributed by atoms with Crippen LogP contribution in [0, 0.1) is 0 Å². The molecule has 1 N–H and O–H groups in total. The van der Waals surface area contributed by atoms with Gasteiger partial charge in [-0.15, -0.1) is 0 Å². The largest absolute Gasteiger partial charge is 0.478 e. The number of rotatable bonds is 8. The second kappa shape index (κ2) is 8.05. The second-order valence-electron chi connectivity index (χ2n) is 7.53. The van der Waals surface area contributed by atoms with Gasteiger partial charge in [0.2, 0.25) is 0 Å². The maximum atomic E-state index is 11.7. The average molecular weight is 381 g/mol. The first-order valence-electron chi connectivity index (χ1n) is 9.81. The fraction of sp³-hybridized carbons (Fsp3) is 0.391. The fourth-order valence-corrected chi connectivity index (χ4v) is 3.35. The van der Waals surface area contributed by atoms with Crippen molar-refractivity contribution in [3.8, 4) is 17.0 Å². The lowest BCUT2D eigenvalue weighted by Gasteiger charge is -2.25. The Balaban J connectivity index is 2.26. The Morgan fingerprint density at radius 3 is 2.43 bits per heavy atom. The first-order valence-corrected chi connectivity index (χ1v) is 9.81. The van der Waals surface area contributed by atoms with E-state index in [0.29, 0.717) is 11.3 Å². The van der Waals surface area contributed by atoms with Crippen LogP contribution in [-0.4, -0.2) is 21.8 Å². The standard InChI is InChI=1S/C23H27NO4/c1-5-10-16-14-18-19(15-12-8-7-9-13-15)24-28-21(18)17(11-6-2)20(16)27-23(3,4)22(25)26/h7-9,12-14H,5-6,10-11H2,1-4H3,(H,25,26). The molecule has 0 saturated heterocycles. The number of ether oxygens (including phenoxy) is 1. The zero-order chi connectivity index (χ0) is 20.3. The van der Waals surface area contributed by atoms with Crippen molar-refractivity contribution in [3.63, 3.8) is 0 Å². The summed E-state index contributed by atoms with van der Waals surface area (Å²) >= 11 is 0. The molecule has 0 spiro atoms. The second-order valence-corrected chi connectivity index (χ2v) is 7.53. The van der Waals surface area contributed by atoms with Gasteiger partial charge in [0.25, 0.3) is 0 Å². The first-order chi connectivity index (χ1) is 13.4. The van der Waals surface area contributed by atoms with Gasteiger partial charge in [-0.2, -0.15) is 0 Å². The van der Waals surface area contributed by atoms with Crippen molar-refractivity contribution in [3.05, 3.63) is 47.5 Å². The molecule has 148 valence electrons. The summed E-state index contributed by atoms with van der Waals surface area (Å²) in [6, 6.07) is 12.0. The highest BCUT2D eigenvalue weighted by molar-refractivity contribution is 5.95. The maximum Gasteiger partial charge on any atom is 0.347 e. The van der Waals surface area contributed by atoms with Crippen LogP contribution in [-0.2, 0) is 17.6 Å². The molecule has 0 bridgehead atoms. The number of aromatic nitrogens is 1. The van der Waals surface area contributed by atoms with E-state index in [2.05, 4.69) is 19.0 Å². The van der Waals surface area contributed by atoms with E-state index in [1.54, 1.807) is 13.8 Å². The number of aliphatic carboxylic acids is 1. The van der Waals surface area contributed by atoms with Gasteiger partial charge < -0.3 is 14.4 Å². The summed E-state index contributed by atoms with van der Waals surface area (Å²) in [4.78, 5) is 11.7. The van der Waals surface area contributed by atoms with Crippen LogP contribution in [0.25, 0.3) is 22.2 Å². The van der Waals surface area contributed by atoms with Crippen LogP contribution in [0.1, 0.15) is 51.7 Å². The van der Waals surface area contributed by atoms with E-state index in [1.165, 1.54) is 0 Å². The van der Waals surface area contributed by atoms with E-state index in [1.807, 2.05) is 36.4 Å². The molecule has 5 heteroatoms. The van der Waals surface area contributed by atoms with E-state index in [9.17, 15) is 9.90 Å². The lowest BCUT2D eigenvalue weighted by atomic mass is 9.96. The number of carbonyl (C=O) groups is 1. The predicted molar refractivity (Wildman–Crippen MR) is 110 cm³/mol. The van der Waals surface area contributed by atoms with Gasteiger partial charge in [0.15, 0.2) is 11.2 Å². The molecule has 0 aliphatic heterocycles. The highest BCUT2D eigenvalue weighted by atomic mass is 16.5. The molecule has 2 aromatic carbocycles. The minimum absolute atomic E-state index is 0.624. The first kappa shape index (κ1) is 19.9. The quantitative estimate of drug-likeness (QED) is 0.546. The third-order valence-corrected chi connectivity index (χ3v) is 4.83. The number of aryl methyl sites for hydroxylation is 2. The van der Waals surface area contributed by atoms with E-state index >= 15 is 0 Å². The van der Waals surface area contributed by atoms with Crippen LogP contribution in [0.4, 0.5) is 0 Å². The zero-order valence-electron chi connectivity index (χ0n) is 16.9. The summed E-state index contributed by atoms with van der Waals surface area (Å²) in [7, 11) is 0. The van der Waals surface area contributed by atoms with Crippen molar-refractivity contribution >= 4 is 16.9 Å². The van der Waals surface area contributed by atoms with Gasteiger partial charge in [0.05, 0.1) is 5.39 Å². The number of hydrogen-bond donors (Lipinski definition) is 1. The SMILES string of the molecule is CCCc1cc2c(-c3ccccc3)noc2c(CCC)c1OC(C)(C)C(=O)O. The Bertz CT molecular complexity index is 973. The molecule has 0 radical (unpaired) electrons. The molecule has 1 heterocycles. The number of nitrogens with zero attached hydrogens (tertiary/aromatic N) is 1. The normalized spacial score (nSPS) is 11.7. The molecule has 0 aliphatic rings. The molecule has 3 rings (SSSR count). The van der Waals surface area contributed by atoms with E-state index in [0.717, 1.165) is 53.5 Å². The molecule has 0 saturated carbocycles. The average Bonchev–Trinajstić information content (AvgIpc) is 3.08. The van der Waals surface area contributed by atoms with Gasteiger partial charge in [-0.1, -0.05) is 62.2 Å². The Morgan fingerprint density at radius 2 is 1.82 bits per heavy atom. The monoisotopic (exact) mass is 381 g/mol. The van der Waals surface area contributed by atoms with Crippen LogP contribution in [0.15, 0.2) is 40.9 Å². The summed E-state index contributed by atoms with van der Waals surface area (Å²) in [6.45, 7) is 7.32.